The van der Waals surface area contributed by atoms with Gasteiger partial charge in [0.25, 0.3) is 0 Å². The van der Waals surface area contributed by atoms with E-state index >= 15 is 0 Å². The van der Waals surface area contributed by atoms with Gasteiger partial charge in [0.2, 0.25) is 0 Å². The van der Waals surface area contributed by atoms with Crippen LogP contribution in [0.1, 0.15) is 25.3 Å². The molecule has 3 heteroatoms. The van der Waals surface area contributed by atoms with Crippen LogP contribution in [0.5, 0.6) is 5.75 Å². The minimum atomic E-state index is 0.481. The molecule has 0 spiro atoms. The van der Waals surface area contributed by atoms with Crippen molar-refractivity contribution in [1.82, 2.24) is 0 Å². The van der Waals surface area contributed by atoms with E-state index in [2.05, 4.69) is 18.7 Å². The topological polar surface area (TPSA) is 49.7 Å². The van der Waals surface area contributed by atoms with Gasteiger partial charge in [0, 0.05) is 7.11 Å². The maximum absolute atomic E-state index is 8.27. The molecule has 0 radical (unpaired) electrons. The minimum Gasteiger partial charge on any atom is -0.400 e. The van der Waals surface area contributed by atoms with Gasteiger partial charge in [0.1, 0.15) is 0 Å². The van der Waals surface area contributed by atoms with Gasteiger partial charge in [-0.3, -0.25) is 0 Å². The van der Waals surface area contributed by atoms with Crippen LogP contribution in [0.25, 0.3) is 0 Å². The number of aliphatic hydroxyl groups excluding tert-OH is 1. The molecule has 1 aromatic rings. The monoisotopic (exact) mass is 184 g/mol. The Morgan fingerprint density at radius 3 is 1.85 bits per heavy atom. The van der Waals surface area contributed by atoms with E-state index in [1.165, 1.54) is 5.56 Å². The zero-order chi connectivity index (χ0) is 10.3. The Morgan fingerprint density at radius 1 is 1.08 bits per heavy atom. The zero-order valence-corrected chi connectivity index (χ0v) is 8.19. The molecule has 0 saturated heterocycles. The lowest BCUT2D eigenvalue weighted by atomic mass is 10.0. The molecule has 1 rings (SSSR count). The average Bonchev–Trinajstić information content (AvgIpc) is 2.21. The molecule has 0 amide bonds. The summed E-state index contributed by atoms with van der Waals surface area (Å²) in [5.41, 5.74) is 1.24. The Kier molecular flexibility index (Phi) is 5.93. The first-order chi connectivity index (χ1) is 6.24. The van der Waals surface area contributed by atoms with E-state index in [1.807, 2.05) is 12.1 Å². The fraction of sp³-hybridized carbons (Fsp3) is 0.400. The van der Waals surface area contributed by atoms with Crippen molar-refractivity contribution in [2.75, 3.05) is 7.11 Å². The molecule has 0 atom stereocenters. The highest BCUT2D eigenvalue weighted by atomic mass is 17.1. The van der Waals surface area contributed by atoms with Crippen LogP contribution in [0.2, 0.25) is 0 Å². The summed E-state index contributed by atoms with van der Waals surface area (Å²) in [6, 6.07) is 7.37. The standard InChI is InChI=1S/C9H12O2.CH4O/c1-7(2)8-3-5-9(11-10)6-4-8;1-2/h3-7,10H,1-2H3;2H,1H3. The third-order valence-corrected chi connectivity index (χ3v) is 1.65. The van der Waals surface area contributed by atoms with Crippen LogP contribution in [0.3, 0.4) is 0 Å². The molecule has 74 valence electrons. The smallest absolute Gasteiger partial charge is 0.165 e. The quantitative estimate of drug-likeness (QED) is 0.547. The molecule has 3 nitrogen and oxygen atoms in total. The second-order valence-corrected chi connectivity index (χ2v) is 2.82. The number of rotatable bonds is 2. The van der Waals surface area contributed by atoms with Gasteiger partial charge in [-0.25, -0.2) is 5.26 Å². The van der Waals surface area contributed by atoms with Crippen molar-refractivity contribution in [3.05, 3.63) is 29.8 Å². The van der Waals surface area contributed by atoms with Gasteiger partial charge in [0.05, 0.1) is 0 Å². The molecule has 0 aromatic heterocycles. The Hall–Kier alpha value is -1.06. The minimum absolute atomic E-state index is 0.481. The lowest BCUT2D eigenvalue weighted by molar-refractivity contribution is -0.137. The van der Waals surface area contributed by atoms with Crippen molar-refractivity contribution in [2.24, 2.45) is 0 Å². The van der Waals surface area contributed by atoms with E-state index < -0.39 is 0 Å². The highest BCUT2D eigenvalue weighted by molar-refractivity contribution is 5.28. The maximum atomic E-state index is 8.27. The molecule has 0 bridgehead atoms. The fourth-order valence-corrected chi connectivity index (χ4v) is 0.914. The molecule has 0 aliphatic heterocycles. The van der Waals surface area contributed by atoms with Gasteiger partial charge in [-0.2, -0.15) is 0 Å². The first-order valence-corrected chi connectivity index (χ1v) is 4.10. The van der Waals surface area contributed by atoms with Crippen LogP contribution in [0.15, 0.2) is 24.3 Å². The molecule has 0 unspecified atom stereocenters. The predicted octanol–water partition coefficient (Wildman–Crippen LogP) is 2.27. The fourth-order valence-electron chi connectivity index (χ4n) is 0.914. The van der Waals surface area contributed by atoms with Crippen molar-refractivity contribution in [3.63, 3.8) is 0 Å². The molecule has 0 aliphatic carbocycles. The van der Waals surface area contributed by atoms with E-state index in [0.29, 0.717) is 11.7 Å². The van der Waals surface area contributed by atoms with E-state index in [4.69, 9.17) is 10.4 Å². The van der Waals surface area contributed by atoms with Crippen LogP contribution in [-0.4, -0.2) is 17.5 Å². The molecule has 1 aromatic carbocycles. The zero-order valence-electron chi connectivity index (χ0n) is 8.19. The lowest BCUT2D eigenvalue weighted by Crippen LogP contribution is -1.87. The van der Waals surface area contributed by atoms with Crippen molar-refractivity contribution in [2.45, 2.75) is 19.8 Å². The summed E-state index contributed by atoms with van der Waals surface area (Å²) in [6.07, 6.45) is 0. The molecule has 0 heterocycles. The first-order valence-electron chi connectivity index (χ1n) is 4.10. The highest BCUT2D eigenvalue weighted by Crippen LogP contribution is 2.17. The summed E-state index contributed by atoms with van der Waals surface area (Å²) in [6.45, 7) is 4.24. The third-order valence-electron chi connectivity index (χ3n) is 1.65. The van der Waals surface area contributed by atoms with E-state index in [0.717, 1.165) is 7.11 Å². The summed E-state index contributed by atoms with van der Waals surface area (Å²) in [5.74, 6) is 0.997. The van der Waals surface area contributed by atoms with Crippen LogP contribution in [-0.2, 0) is 0 Å². The molecular weight excluding hydrogens is 168 g/mol. The van der Waals surface area contributed by atoms with Crippen molar-refractivity contribution in [3.8, 4) is 5.75 Å². The summed E-state index contributed by atoms with van der Waals surface area (Å²) >= 11 is 0. The maximum Gasteiger partial charge on any atom is 0.165 e. The van der Waals surface area contributed by atoms with Gasteiger partial charge in [-0.05, 0) is 23.6 Å². The van der Waals surface area contributed by atoms with Gasteiger partial charge < -0.3 is 9.99 Å². The summed E-state index contributed by atoms with van der Waals surface area (Å²) in [4.78, 5) is 4.05. The van der Waals surface area contributed by atoms with Crippen molar-refractivity contribution >= 4 is 0 Å². The summed E-state index contributed by atoms with van der Waals surface area (Å²) < 4.78 is 0. The third kappa shape index (κ3) is 3.92. The first kappa shape index (κ1) is 11.9. The average molecular weight is 184 g/mol. The highest BCUT2D eigenvalue weighted by Gasteiger charge is 1.98. The number of aliphatic hydroxyl groups is 1. The molecule has 0 fully saturated rings. The number of benzene rings is 1. The van der Waals surface area contributed by atoms with Crippen LogP contribution in [0.4, 0.5) is 0 Å². The Balaban J connectivity index is 0.000000671. The SMILES string of the molecule is CC(C)c1ccc(OO)cc1.CO. The Labute approximate surface area is 78.5 Å². The number of hydrogen-bond donors (Lipinski definition) is 2. The van der Waals surface area contributed by atoms with Crippen LogP contribution < -0.4 is 4.89 Å². The second-order valence-electron chi connectivity index (χ2n) is 2.82. The van der Waals surface area contributed by atoms with Gasteiger partial charge in [-0.15, -0.1) is 0 Å². The normalized spacial score (nSPS) is 9.08. The largest absolute Gasteiger partial charge is 0.400 e. The molecular formula is C10H16O3. The Bertz CT molecular complexity index is 216. The van der Waals surface area contributed by atoms with Crippen molar-refractivity contribution in [1.29, 1.82) is 0 Å². The van der Waals surface area contributed by atoms with Crippen LogP contribution in [0, 0.1) is 0 Å². The van der Waals surface area contributed by atoms with Gasteiger partial charge in [0.15, 0.2) is 5.75 Å². The summed E-state index contributed by atoms with van der Waals surface area (Å²) in [5, 5.41) is 15.3. The van der Waals surface area contributed by atoms with E-state index in [1.54, 1.807) is 12.1 Å². The lowest BCUT2D eigenvalue weighted by Gasteiger charge is -2.04. The molecule has 0 aliphatic rings. The Morgan fingerprint density at radius 2 is 1.54 bits per heavy atom. The molecule has 13 heavy (non-hydrogen) atoms. The predicted molar refractivity (Wildman–Crippen MR) is 51.9 cm³/mol. The van der Waals surface area contributed by atoms with Crippen molar-refractivity contribution < 1.29 is 15.3 Å². The second kappa shape index (κ2) is 6.46. The summed E-state index contributed by atoms with van der Waals surface area (Å²) in [7, 11) is 1.00. The van der Waals surface area contributed by atoms with Crippen LogP contribution >= 0.6 is 0 Å². The van der Waals surface area contributed by atoms with E-state index in [-0.39, 0.29) is 0 Å². The molecule has 0 saturated carbocycles. The van der Waals surface area contributed by atoms with Gasteiger partial charge >= 0.3 is 0 Å². The molecule has 2 N–H and O–H groups in total. The number of hydrogen-bond acceptors (Lipinski definition) is 3. The van der Waals surface area contributed by atoms with E-state index in [9.17, 15) is 0 Å². The van der Waals surface area contributed by atoms with Gasteiger partial charge in [-0.1, -0.05) is 26.0 Å².